The second-order valence-electron chi connectivity index (χ2n) is 5.29. The topological polar surface area (TPSA) is 93.4 Å². The van der Waals surface area contributed by atoms with Gasteiger partial charge in [-0.3, -0.25) is 0 Å². The Labute approximate surface area is 160 Å². The SMILES string of the molecule is O=S(=O)(NC[C@H](c1ccco1)S(=O)(=O)c1cccs1)c1ccc(Cl)cc1. The van der Waals surface area contributed by atoms with Gasteiger partial charge in [-0.05, 0) is 47.8 Å². The molecular formula is C16H14ClNO5S3. The van der Waals surface area contributed by atoms with E-state index in [9.17, 15) is 16.8 Å². The van der Waals surface area contributed by atoms with E-state index in [-0.39, 0.29) is 21.4 Å². The average molecular weight is 432 g/mol. The van der Waals surface area contributed by atoms with Crippen molar-refractivity contribution >= 4 is 42.8 Å². The van der Waals surface area contributed by atoms with Gasteiger partial charge in [-0.2, -0.15) is 0 Å². The summed E-state index contributed by atoms with van der Waals surface area (Å²) >= 11 is 6.83. The Morgan fingerprint density at radius 3 is 2.35 bits per heavy atom. The van der Waals surface area contributed by atoms with Crippen LogP contribution in [0.3, 0.4) is 0 Å². The van der Waals surface area contributed by atoms with Crippen LogP contribution in [0.5, 0.6) is 0 Å². The van der Waals surface area contributed by atoms with Crippen molar-refractivity contribution < 1.29 is 21.3 Å². The van der Waals surface area contributed by atoms with E-state index in [1.807, 2.05) is 0 Å². The number of thiophene rings is 1. The number of halogens is 1. The Kier molecular flexibility index (Phi) is 5.54. The highest BCUT2D eigenvalue weighted by Gasteiger charge is 2.33. The van der Waals surface area contributed by atoms with Crippen LogP contribution in [0.15, 0.2) is 73.7 Å². The van der Waals surface area contributed by atoms with E-state index in [2.05, 4.69) is 4.72 Å². The molecule has 1 N–H and O–H groups in total. The number of benzene rings is 1. The van der Waals surface area contributed by atoms with Gasteiger partial charge >= 0.3 is 0 Å². The summed E-state index contributed by atoms with van der Waals surface area (Å²) in [6.07, 6.45) is 1.35. The third-order valence-electron chi connectivity index (χ3n) is 3.59. The Morgan fingerprint density at radius 2 is 1.77 bits per heavy atom. The first-order chi connectivity index (χ1) is 12.3. The van der Waals surface area contributed by atoms with Crippen molar-refractivity contribution in [3.05, 3.63) is 71.0 Å². The summed E-state index contributed by atoms with van der Waals surface area (Å²) < 4.78 is 58.4. The minimum atomic E-state index is -3.90. The van der Waals surface area contributed by atoms with Crippen LogP contribution in [0.4, 0.5) is 0 Å². The fourth-order valence-corrected chi connectivity index (χ4v) is 6.36. The molecular weight excluding hydrogens is 418 g/mol. The number of sulfonamides is 1. The molecule has 2 heterocycles. The molecule has 0 saturated carbocycles. The van der Waals surface area contributed by atoms with Crippen molar-refractivity contribution in [3.63, 3.8) is 0 Å². The number of hydrogen-bond donors (Lipinski definition) is 1. The zero-order valence-electron chi connectivity index (χ0n) is 13.2. The molecule has 3 rings (SSSR count). The quantitative estimate of drug-likeness (QED) is 0.618. The second kappa shape index (κ2) is 7.53. The van der Waals surface area contributed by atoms with Gasteiger partial charge in [0.25, 0.3) is 0 Å². The minimum Gasteiger partial charge on any atom is -0.468 e. The molecule has 1 atom stereocenters. The van der Waals surface area contributed by atoms with Gasteiger partial charge in [0.05, 0.1) is 11.2 Å². The van der Waals surface area contributed by atoms with Crippen molar-refractivity contribution in [2.45, 2.75) is 14.4 Å². The molecule has 138 valence electrons. The molecule has 0 amide bonds. The van der Waals surface area contributed by atoms with Gasteiger partial charge in [0, 0.05) is 11.6 Å². The Morgan fingerprint density at radius 1 is 1.04 bits per heavy atom. The van der Waals surface area contributed by atoms with E-state index in [0.29, 0.717) is 5.02 Å². The van der Waals surface area contributed by atoms with E-state index in [1.54, 1.807) is 17.5 Å². The predicted molar refractivity (Wildman–Crippen MR) is 99.6 cm³/mol. The third kappa shape index (κ3) is 4.02. The fourth-order valence-electron chi connectivity index (χ4n) is 2.29. The predicted octanol–water partition coefficient (Wildman–Crippen LogP) is 3.49. The second-order valence-corrected chi connectivity index (χ2v) is 10.8. The van der Waals surface area contributed by atoms with Crippen molar-refractivity contribution in [2.75, 3.05) is 6.54 Å². The van der Waals surface area contributed by atoms with Crippen LogP contribution in [-0.2, 0) is 19.9 Å². The molecule has 0 fully saturated rings. The molecule has 0 bridgehead atoms. The van der Waals surface area contributed by atoms with Crippen LogP contribution in [-0.4, -0.2) is 23.4 Å². The fraction of sp³-hybridized carbons (Fsp3) is 0.125. The largest absolute Gasteiger partial charge is 0.468 e. The summed E-state index contributed by atoms with van der Waals surface area (Å²) in [7, 11) is -7.72. The molecule has 0 radical (unpaired) electrons. The molecule has 0 spiro atoms. The maximum atomic E-state index is 12.9. The zero-order chi connectivity index (χ0) is 18.8. The first kappa shape index (κ1) is 19.1. The molecule has 0 aliphatic rings. The van der Waals surface area contributed by atoms with Crippen molar-refractivity contribution in [2.24, 2.45) is 0 Å². The van der Waals surface area contributed by atoms with Gasteiger partial charge in [0.15, 0.2) is 9.84 Å². The Bertz CT molecular complexity index is 1060. The monoisotopic (exact) mass is 431 g/mol. The summed E-state index contributed by atoms with van der Waals surface area (Å²) in [6, 6.07) is 11.7. The molecule has 3 aromatic rings. The van der Waals surface area contributed by atoms with Crippen molar-refractivity contribution in [1.82, 2.24) is 4.72 Å². The van der Waals surface area contributed by atoms with Gasteiger partial charge in [-0.25, -0.2) is 21.6 Å². The van der Waals surface area contributed by atoms with Gasteiger partial charge in [0.1, 0.15) is 15.2 Å². The summed E-state index contributed by atoms with van der Waals surface area (Å²) in [5.74, 6) is 0.164. The standard InChI is InChI=1S/C16H14ClNO5S3/c17-12-5-7-13(8-6-12)26(21,22)18-11-15(14-3-1-9-23-14)25(19,20)16-4-2-10-24-16/h1-10,15,18H,11H2/t15-/m1/s1. The molecule has 10 heteroatoms. The number of hydrogen-bond acceptors (Lipinski definition) is 6. The lowest BCUT2D eigenvalue weighted by molar-refractivity contribution is 0.487. The van der Waals surface area contributed by atoms with Gasteiger partial charge in [-0.15, -0.1) is 11.3 Å². The zero-order valence-corrected chi connectivity index (χ0v) is 16.4. The van der Waals surface area contributed by atoms with Crippen molar-refractivity contribution in [1.29, 1.82) is 0 Å². The lowest BCUT2D eigenvalue weighted by Gasteiger charge is -2.16. The van der Waals surface area contributed by atoms with Crippen molar-refractivity contribution in [3.8, 4) is 0 Å². The molecule has 26 heavy (non-hydrogen) atoms. The van der Waals surface area contributed by atoms with Crippen LogP contribution in [0.2, 0.25) is 5.02 Å². The van der Waals surface area contributed by atoms with E-state index in [4.69, 9.17) is 16.0 Å². The maximum Gasteiger partial charge on any atom is 0.240 e. The molecule has 0 aliphatic heterocycles. The summed E-state index contributed by atoms with van der Waals surface area (Å²) in [5, 5.41) is 0.861. The van der Waals surface area contributed by atoms with E-state index < -0.39 is 25.1 Å². The minimum absolute atomic E-state index is 0.00591. The van der Waals surface area contributed by atoms with Crippen LogP contribution >= 0.6 is 22.9 Å². The number of sulfone groups is 1. The number of nitrogens with one attached hydrogen (secondary N) is 1. The highest BCUT2D eigenvalue weighted by atomic mass is 35.5. The normalized spacial score (nSPS) is 13.6. The number of rotatable bonds is 7. The third-order valence-corrected chi connectivity index (χ3v) is 8.78. The molecule has 0 aliphatic carbocycles. The summed E-state index contributed by atoms with van der Waals surface area (Å²) in [6.45, 7) is -0.362. The highest BCUT2D eigenvalue weighted by molar-refractivity contribution is 7.93. The van der Waals surface area contributed by atoms with Gasteiger partial charge < -0.3 is 4.42 Å². The van der Waals surface area contributed by atoms with Gasteiger partial charge in [0.2, 0.25) is 10.0 Å². The lowest BCUT2D eigenvalue weighted by Crippen LogP contribution is -2.31. The molecule has 6 nitrogen and oxygen atoms in total. The Hall–Kier alpha value is -1.65. The summed E-state index contributed by atoms with van der Waals surface area (Å²) in [4.78, 5) is -0.00591. The first-order valence-corrected chi connectivity index (χ1v) is 11.7. The maximum absolute atomic E-state index is 12.9. The average Bonchev–Trinajstić information content (AvgIpc) is 3.29. The van der Waals surface area contributed by atoms with E-state index in [0.717, 1.165) is 11.3 Å². The van der Waals surface area contributed by atoms with Gasteiger partial charge in [-0.1, -0.05) is 17.7 Å². The van der Waals surface area contributed by atoms with E-state index in [1.165, 1.54) is 42.7 Å². The van der Waals surface area contributed by atoms with Crippen LogP contribution in [0, 0.1) is 0 Å². The smallest absolute Gasteiger partial charge is 0.240 e. The lowest BCUT2D eigenvalue weighted by atomic mass is 10.3. The van der Waals surface area contributed by atoms with Crippen LogP contribution in [0.25, 0.3) is 0 Å². The number of furan rings is 1. The first-order valence-electron chi connectivity index (χ1n) is 7.37. The van der Waals surface area contributed by atoms with Crippen LogP contribution < -0.4 is 4.72 Å². The van der Waals surface area contributed by atoms with E-state index >= 15 is 0 Å². The highest BCUT2D eigenvalue weighted by Crippen LogP contribution is 2.31. The summed E-state index contributed by atoms with van der Waals surface area (Å²) in [5.41, 5.74) is 0. The molecule has 0 saturated heterocycles. The molecule has 0 unspecified atom stereocenters. The molecule has 2 aromatic heterocycles. The van der Waals surface area contributed by atoms with Crippen LogP contribution in [0.1, 0.15) is 11.0 Å². The Balaban J connectivity index is 1.89. The molecule has 1 aromatic carbocycles.